The molecule has 0 bridgehead atoms. The number of carbonyl (C=O) groups is 8. The van der Waals surface area contributed by atoms with Crippen molar-refractivity contribution in [3.63, 3.8) is 0 Å². The number of esters is 8. The average molecular weight is 1110 g/mol. The smallest absolute Gasteiger partial charge is 0.303 e. The van der Waals surface area contributed by atoms with Crippen molar-refractivity contribution in [1.82, 2.24) is 0 Å². The van der Waals surface area contributed by atoms with E-state index in [1.807, 2.05) is 36.4 Å². The molecule has 0 N–H and O–H groups in total. The zero-order valence-electron chi connectivity index (χ0n) is 44.9. The third-order valence-electron chi connectivity index (χ3n) is 12.0. The molecule has 15 atom stereocenters. The molecule has 0 spiro atoms. The van der Waals surface area contributed by atoms with Crippen molar-refractivity contribution in [2.45, 2.75) is 167 Å². The Hall–Kier alpha value is -6.90. The van der Waals surface area contributed by atoms with Gasteiger partial charge in [0.25, 0.3) is 0 Å². The summed E-state index contributed by atoms with van der Waals surface area (Å²) in [6.45, 7) is 6.72. The number of hydrogen-bond donors (Lipinski definition) is 0. The summed E-state index contributed by atoms with van der Waals surface area (Å²) in [5.74, 6) is -6.75. The van der Waals surface area contributed by atoms with E-state index in [0.717, 1.165) is 55.4 Å². The molecular formula is C55H66O24. The van der Waals surface area contributed by atoms with E-state index < -0.39 is 160 Å². The summed E-state index contributed by atoms with van der Waals surface area (Å²) in [7, 11) is 0. The molecule has 24 nitrogen and oxygen atoms in total. The second kappa shape index (κ2) is 29.9. The first-order chi connectivity index (χ1) is 37.8. The largest absolute Gasteiger partial charge is 0.463 e. The molecule has 6 rings (SSSR count). The molecule has 3 aromatic carbocycles. The van der Waals surface area contributed by atoms with Gasteiger partial charge in [-0.15, -0.1) is 0 Å². The highest BCUT2D eigenvalue weighted by Crippen LogP contribution is 2.38. The highest BCUT2D eigenvalue weighted by molar-refractivity contribution is 5.70. The van der Waals surface area contributed by atoms with Gasteiger partial charge in [-0.3, -0.25) is 38.4 Å². The van der Waals surface area contributed by atoms with Gasteiger partial charge in [-0.1, -0.05) is 91.0 Å². The van der Waals surface area contributed by atoms with Crippen molar-refractivity contribution in [3.05, 3.63) is 108 Å². The maximum atomic E-state index is 13.1. The van der Waals surface area contributed by atoms with Crippen LogP contribution in [0.5, 0.6) is 0 Å². The van der Waals surface area contributed by atoms with Crippen molar-refractivity contribution in [2.24, 2.45) is 0 Å². The number of ether oxygens (including phenoxy) is 16. The van der Waals surface area contributed by atoms with E-state index in [2.05, 4.69) is 0 Å². The third kappa shape index (κ3) is 18.6. The van der Waals surface area contributed by atoms with Crippen LogP contribution in [0.15, 0.2) is 91.0 Å². The minimum Gasteiger partial charge on any atom is -0.463 e. The molecular weight excluding hydrogens is 1040 g/mol. The fourth-order valence-electron chi connectivity index (χ4n) is 8.93. The van der Waals surface area contributed by atoms with Crippen LogP contribution in [0.3, 0.4) is 0 Å². The van der Waals surface area contributed by atoms with E-state index in [4.69, 9.17) is 75.8 Å². The van der Waals surface area contributed by atoms with Crippen LogP contribution in [0.25, 0.3) is 0 Å². The zero-order valence-corrected chi connectivity index (χ0v) is 44.9. The van der Waals surface area contributed by atoms with Gasteiger partial charge in [-0.05, 0) is 16.7 Å². The number of benzene rings is 3. The number of carbonyl (C=O) groups excluding carboxylic acids is 8. The molecule has 3 saturated heterocycles. The predicted molar refractivity (Wildman–Crippen MR) is 265 cm³/mol. The summed E-state index contributed by atoms with van der Waals surface area (Å²) in [6, 6.07) is 27.0. The first-order valence-corrected chi connectivity index (χ1v) is 25.3. The van der Waals surface area contributed by atoms with Crippen LogP contribution in [0, 0.1) is 0 Å². The molecule has 0 saturated carbocycles. The molecule has 24 heteroatoms. The molecule has 3 fully saturated rings. The van der Waals surface area contributed by atoms with E-state index in [0.29, 0.717) is 16.7 Å². The van der Waals surface area contributed by atoms with Crippen molar-refractivity contribution < 1.29 is 114 Å². The minimum absolute atomic E-state index is 0.0781. The number of hydrogen-bond acceptors (Lipinski definition) is 24. The summed E-state index contributed by atoms with van der Waals surface area (Å²) in [5, 5.41) is 0. The van der Waals surface area contributed by atoms with Crippen molar-refractivity contribution in [1.29, 1.82) is 0 Å². The lowest BCUT2D eigenvalue weighted by molar-refractivity contribution is -0.376. The first kappa shape index (κ1) is 61.3. The lowest BCUT2D eigenvalue weighted by Gasteiger charge is -2.50. The Labute approximate surface area is 455 Å². The highest BCUT2D eigenvalue weighted by Gasteiger charge is 2.58. The Morgan fingerprint density at radius 2 is 0.633 bits per heavy atom. The second-order valence-electron chi connectivity index (χ2n) is 18.4. The van der Waals surface area contributed by atoms with Gasteiger partial charge in [0.05, 0.1) is 26.4 Å². The summed E-state index contributed by atoms with van der Waals surface area (Å²) in [5.41, 5.74) is 2.07. The van der Waals surface area contributed by atoms with Gasteiger partial charge in [-0.25, -0.2) is 0 Å². The van der Waals surface area contributed by atoms with Crippen molar-refractivity contribution in [2.75, 3.05) is 19.8 Å². The van der Waals surface area contributed by atoms with Crippen LogP contribution in [-0.2, 0) is 134 Å². The van der Waals surface area contributed by atoms with Crippen LogP contribution < -0.4 is 0 Å². The monoisotopic (exact) mass is 1110 g/mol. The standard InChI is InChI=1S/C55H66O24/c1-30(56)64-27-42-45(70-32(3)58)48(72-34(5)60)51(74-36(7)62)54(77-42)69-29-41-44(66-24-38-18-12-9-13-19-38)47(50(67-25-39-20-14-10-15-21-39)53(76-41)68-26-40-22-16-11-17-23-40)79-55-52(75-37(8)63)49(73-35(6)61)46(71-33(4)59)43(78-55)28-65-31(2)57/h9-23,41-55H,24-29H2,1-8H3/t41-,42-,43-,44-,45-,46-,47+,48+,49+,50+,51+,52+,53+,54+,55-/m1/s1. The maximum absolute atomic E-state index is 13.1. The lowest BCUT2D eigenvalue weighted by Crippen LogP contribution is -2.67. The molecule has 3 aliphatic heterocycles. The molecule has 0 aliphatic carbocycles. The van der Waals surface area contributed by atoms with Gasteiger partial charge in [0.2, 0.25) is 0 Å². The van der Waals surface area contributed by atoms with Gasteiger partial charge in [0.15, 0.2) is 55.5 Å². The molecule has 0 aromatic heterocycles. The third-order valence-corrected chi connectivity index (χ3v) is 12.0. The Balaban J connectivity index is 1.51. The van der Waals surface area contributed by atoms with Gasteiger partial charge in [0.1, 0.15) is 49.8 Å². The van der Waals surface area contributed by atoms with Crippen LogP contribution in [0.1, 0.15) is 72.1 Å². The molecule has 3 heterocycles. The van der Waals surface area contributed by atoms with E-state index >= 15 is 0 Å². The van der Waals surface area contributed by atoms with E-state index in [1.165, 1.54) is 0 Å². The minimum atomic E-state index is -1.80. The quantitative estimate of drug-likeness (QED) is 0.0913. The normalized spacial score (nSPS) is 28.4. The Morgan fingerprint density at radius 3 is 1.03 bits per heavy atom. The van der Waals surface area contributed by atoms with Gasteiger partial charge >= 0.3 is 47.8 Å². The zero-order chi connectivity index (χ0) is 57.2. The summed E-state index contributed by atoms with van der Waals surface area (Å²) >= 11 is 0. The maximum Gasteiger partial charge on any atom is 0.303 e. The molecule has 79 heavy (non-hydrogen) atoms. The highest BCUT2D eigenvalue weighted by atomic mass is 16.8. The fraction of sp³-hybridized carbons (Fsp3) is 0.527. The van der Waals surface area contributed by atoms with Crippen LogP contribution in [-0.4, -0.2) is 160 Å². The average Bonchev–Trinajstić information content (AvgIpc) is 3.50. The molecule has 3 aromatic rings. The van der Waals surface area contributed by atoms with Gasteiger partial charge < -0.3 is 75.8 Å². The first-order valence-electron chi connectivity index (χ1n) is 25.3. The Morgan fingerprint density at radius 1 is 0.316 bits per heavy atom. The molecule has 0 radical (unpaired) electrons. The summed E-state index contributed by atoms with van der Waals surface area (Å²) < 4.78 is 98.0. The number of rotatable bonds is 24. The van der Waals surface area contributed by atoms with Crippen LogP contribution in [0.4, 0.5) is 0 Å². The van der Waals surface area contributed by atoms with Crippen LogP contribution >= 0.6 is 0 Å². The van der Waals surface area contributed by atoms with Crippen molar-refractivity contribution in [3.8, 4) is 0 Å². The Bertz CT molecular complexity index is 2490. The van der Waals surface area contributed by atoms with E-state index in [9.17, 15) is 38.4 Å². The van der Waals surface area contributed by atoms with Gasteiger partial charge in [0, 0.05) is 55.4 Å². The second-order valence-corrected chi connectivity index (χ2v) is 18.4. The topological polar surface area (TPSA) is 284 Å². The van der Waals surface area contributed by atoms with E-state index in [-0.39, 0.29) is 19.8 Å². The summed E-state index contributed by atoms with van der Waals surface area (Å²) in [6.07, 6.45) is -23.0. The van der Waals surface area contributed by atoms with Crippen molar-refractivity contribution >= 4 is 47.8 Å². The SMILES string of the molecule is CC(=O)OC[C@H]1O[C@H](OC[C@H]2O[C@H](OCc3ccccc3)[C@@H](OCc3ccccc3)[C@@H](O[C@H]3O[C@H](COC(C)=O)[C@@H](OC(C)=O)[C@H](OC(C)=O)[C@@H]3OC(C)=O)[C@@H]2OCc2ccccc2)[C@@H](OC(C)=O)[C@@H](OC(C)=O)[C@@H]1OC(C)=O. The Kier molecular flexibility index (Phi) is 23.2. The lowest BCUT2D eigenvalue weighted by atomic mass is 9.95. The fourth-order valence-corrected chi connectivity index (χ4v) is 8.93. The summed E-state index contributed by atoms with van der Waals surface area (Å²) in [4.78, 5) is 101. The van der Waals surface area contributed by atoms with Crippen LogP contribution in [0.2, 0.25) is 0 Å². The molecule has 3 aliphatic rings. The molecule has 0 amide bonds. The molecule has 430 valence electrons. The van der Waals surface area contributed by atoms with Gasteiger partial charge in [-0.2, -0.15) is 0 Å². The van der Waals surface area contributed by atoms with E-state index in [1.54, 1.807) is 54.6 Å². The predicted octanol–water partition coefficient (Wildman–Crippen LogP) is 3.67. The molecule has 0 unspecified atom stereocenters.